The molecular formula is C7H3F3N2O. The molecule has 0 aliphatic heterocycles. The highest BCUT2D eigenvalue weighted by molar-refractivity contribution is 5.23. The van der Waals surface area contributed by atoms with Crippen LogP contribution >= 0.6 is 0 Å². The first-order chi connectivity index (χ1) is 5.93. The lowest BCUT2D eigenvalue weighted by atomic mass is 10.4. The second-order valence-corrected chi connectivity index (χ2v) is 2.12. The van der Waals surface area contributed by atoms with Crippen LogP contribution in [0.3, 0.4) is 0 Å². The molecule has 0 amide bonds. The third-order valence-electron chi connectivity index (χ3n) is 1.16. The van der Waals surface area contributed by atoms with Crippen LogP contribution in [0.5, 0.6) is 0 Å². The second kappa shape index (κ2) is 2.94. The van der Waals surface area contributed by atoms with Crippen molar-refractivity contribution in [2.45, 2.75) is 6.18 Å². The fourth-order valence-corrected chi connectivity index (χ4v) is 0.666. The first-order valence-electron chi connectivity index (χ1n) is 3.08. The molecule has 0 radical (unpaired) electrons. The van der Waals surface area contributed by atoms with Gasteiger partial charge in [-0.1, -0.05) is 0 Å². The fraction of sp³-hybridized carbons (Fsp3) is 0.143. The smallest absolute Gasteiger partial charge is 0.303 e. The van der Waals surface area contributed by atoms with Gasteiger partial charge in [0.2, 0.25) is 5.82 Å². The summed E-state index contributed by atoms with van der Waals surface area (Å²) in [6.45, 7) is 0. The van der Waals surface area contributed by atoms with E-state index in [1.54, 1.807) is 0 Å². The molecule has 0 aromatic carbocycles. The normalized spacial score (nSPS) is 10.9. The SMILES string of the molecule is C#Cc1cc(=O)[nH]c(C(F)(F)F)n1. The second-order valence-electron chi connectivity index (χ2n) is 2.12. The molecule has 3 nitrogen and oxygen atoms in total. The van der Waals surface area contributed by atoms with E-state index in [0.717, 1.165) is 6.07 Å². The Balaban J connectivity index is 3.35. The number of nitrogens with zero attached hydrogens (tertiary/aromatic N) is 1. The average Bonchev–Trinajstić information content (AvgIpc) is 2.01. The highest BCUT2D eigenvalue weighted by Crippen LogP contribution is 2.24. The summed E-state index contributed by atoms with van der Waals surface area (Å²) in [7, 11) is 0. The summed E-state index contributed by atoms with van der Waals surface area (Å²) in [4.78, 5) is 15.2. The molecule has 0 aliphatic carbocycles. The Morgan fingerprint density at radius 1 is 1.54 bits per heavy atom. The van der Waals surface area contributed by atoms with Crippen LogP contribution in [0.1, 0.15) is 11.5 Å². The molecule has 6 heteroatoms. The Bertz CT molecular complexity index is 413. The van der Waals surface area contributed by atoms with Crippen LogP contribution in [-0.4, -0.2) is 9.97 Å². The Morgan fingerprint density at radius 3 is 2.62 bits per heavy atom. The van der Waals surface area contributed by atoms with Crippen molar-refractivity contribution >= 4 is 0 Å². The zero-order valence-corrected chi connectivity index (χ0v) is 6.14. The summed E-state index contributed by atoms with van der Waals surface area (Å²) in [5, 5.41) is 0. The van der Waals surface area contributed by atoms with E-state index < -0.39 is 17.6 Å². The van der Waals surface area contributed by atoms with Gasteiger partial charge in [0.15, 0.2) is 0 Å². The number of terminal acetylenes is 1. The first-order valence-corrected chi connectivity index (χ1v) is 3.08. The molecule has 1 heterocycles. The summed E-state index contributed by atoms with van der Waals surface area (Å²) < 4.78 is 35.9. The molecule has 0 aliphatic rings. The fourth-order valence-electron chi connectivity index (χ4n) is 0.666. The Morgan fingerprint density at radius 2 is 2.15 bits per heavy atom. The number of aromatic nitrogens is 2. The Kier molecular flexibility index (Phi) is 2.10. The lowest BCUT2D eigenvalue weighted by molar-refractivity contribution is -0.145. The van der Waals surface area contributed by atoms with E-state index in [-0.39, 0.29) is 5.69 Å². The minimum Gasteiger partial charge on any atom is -0.303 e. The van der Waals surface area contributed by atoms with Gasteiger partial charge in [0, 0.05) is 6.07 Å². The van der Waals surface area contributed by atoms with Gasteiger partial charge in [-0.25, -0.2) is 4.98 Å². The van der Waals surface area contributed by atoms with Crippen LogP contribution in [0.2, 0.25) is 0 Å². The van der Waals surface area contributed by atoms with Crippen molar-refractivity contribution in [2.75, 3.05) is 0 Å². The lowest BCUT2D eigenvalue weighted by Crippen LogP contribution is -2.19. The van der Waals surface area contributed by atoms with Gasteiger partial charge < -0.3 is 4.98 Å². The maximum atomic E-state index is 12.0. The highest BCUT2D eigenvalue weighted by atomic mass is 19.4. The summed E-state index contributed by atoms with van der Waals surface area (Å²) in [5.41, 5.74) is -1.26. The third-order valence-corrected chi connectivity index (χ3v) is 1.16. The maximum Gasteiger partial charge on any atom is 0.449 e. The van der Waals surface area contributed by atoms with Crippen molar-refractivity contribution in [1.29, 1.82) is 0 Å². The molecule has 0 fully saturated rings. The third kappa shape index (κ3) is 2.08. The average molecular weight is 188 g/mol. The zero-order chi connectivity index (χ0) is 10.1. The monoisotopic (exact) mass is 188 g/mol. The molecule has 0 atom stereocenters. The molecule has 0 saturated carbocycles. The topological polar surface area (TPSA) is 45.8 Å². The molecule has 0 saturated heterocycles. The summed E-state index contributed by atoms with van der Waals surface area (Å²) in [6.07, 6.45) is 0.110. The van der Waals surface area contributed by atoms with Gasteiger partial charge in [0.05, 0.1) is 0 Å². The molecule has 13 heavy (non-hydrogen) atoms. The predicted octanol–water partition coefficient (Wildman–Crippen LogP) is 0.770. The van der Waals surface area contributed by atoms with Gasteiger partial charge >= 0.3 is 6.18 Å². The molecular weight excluding hydrogens is 185 g/mol. The van der Waals surface area contributed by atoms with Crippen LogP contribution in [0.25, 0.3) is 0 Å². The maximum absolute atomic E-state index is 12.0. The number of H-pyrrole nitrogens is 1. The molecule has 68 valence electrons. The van der Waals surface area contributed by atoms with Crippen LogP contribution in [0.15, 0.2) is 10.9 Å². The largest absolute Gasteiger partial charge is 0.449 e. The van der Waals surface area contributed by atoms with Crippen LogP contribution < -0.4 is 5.56 Å². The van der Waals surface area contributed by atoms with E-state index in [0.29, 0.717) is 0 Å². The highest BCUT2D eigenvalue weighted by Gasteiger charge is 2.34. The minimum absolute atomic E-state index is 0.337. The number of alkyl halides is 3. The number of hydrogen-bond acceptors (Lipinski definition) is 2. The van der Waals surface area contributed by atoms with Crippen LogP contribution in [-0.2, 0) is 6.18 Å². The summed E-state index contributed by atoms with van der Waals surface area (Å²) >= 11 is 0. The van der Waals surface area contributed by atoms with Crippen molar-refractivity contribution in [2.24, 2.45) is 0 Å². The van der Waals surface area contributed by atoms with E-state index in [4.69, 9.17) is 6.42 Å². The molecule has 0 spiro atoms. The number of halogens is 3. The minimum atomic E-state index is -4.69. The first kappa shape index (κ1) is 9.32. The van der Waals surface area contributed by atoms with Crippen LogP contribution in [0, 0.1) is 12.3 Å². The van der Waals surface area contributed by atoms with Crippen molar-refractivity contribution in [3.63, 3.8) is 0 Å². The zero-order valence-electron chi connectivity index (χ0n) is 6.14. The van der Waals surface area contributed by atoms with Gasteiger partial charge in [-0.05, 0) is 5.92 Å². The molecule has 1 aromatic rings. The van der Waals surface area contributed by atoms with Gasteiger partial charge in [0.1, 0.15) is 5.69 Å². The molecule has 1 aromatic heterocycles. The Labute approximate surface area is 70.6 Å². The number of nitrogens with one attached hydrogen (secondary N) is 1. The molecule has 1 rings (SSSR count). The van der Waals surface area contributed by atoms with E-state index in [1.807, 2.05) is 5.92 Å². The van der Waals surface area contributed by atoms with Gasteiger partial charge in [-0.3, -0.25) is 4.79 Å². The quantitative estimate of drug-likeness (QED) is 0.611. The number of aromatic amines is 1. The van der Waals surface area contributed by atoms with Gasteiger partial charge in [0.25, 0.3) is 5.56 Å². The lowest BCUT2D eigenvalue weighted by Gasteiger charge is -2.03. The van der Waals surface area contributed by atoms with Crippen LogP contribution in [0.4, 0.5) is 13.2 Å². The van der Waals surface area contributed by atoms with E-state index in [2.05, 4.69) is 4.98 Å². The number of hydrogen-bond donors (Lipinski definition) is 1. The van der Waals surface area contributed by atoms with Gasteiger partial charge in [-0.2, -0.15) is 13.2 Å². The molecule has 0 unspecified atom stereocenters. The van der Waals surface area contributed by atoms with Crippen molar-refractivity contribution in [1.82, 2.24) is 9.97 Å². The van der Waals surface area contributed by atoms with E-state index in [1.165, 1.54) is 4.98 Å². The van der Waals surface area contributed by atoms with E-state index >= 15 is 0 Å². The van der Waals surface area contributed by atoms with Gasteiger partial charge in [-0.15, -0.1) is 6.42 Å². The standard InChI is InChI=1S/C7H3F3N2O/c1-2-4-3-5(13)12-6(11-4)7(8,9)10/h1,3H,(H,11,12,13). The van der Waals surface area contributed by atoms with E-state index in [9.17, 15) is 18.0 Å². The molecule has 1 N–H and O–H groups in total. The number of rotatable bonds is 0. The molecule has 0 bridgehead atoms. The Hall–Kier alpha value is -1.77. The summed E-state index contributed by atoms with van der Waals surface area (Å²) in [5.74, 6) is 0.468. The summed E-state index contributed by atoms with van der Waals surface area (Å²) in [6, 6.07) is 0.815. The van der Waals surface area contributed by atoms with Crippen molar-refractivity contribution in [3.05, 3.63) is 27.9 Å². The van der Waals surface area contributed by atoms with Crippen molar-refractivity contribution in [3.8, 4) is 12.3 Å². The van der Waals surface area contributed by atoms with Crippen molar-refractivity contribution < 1.29 is 13.2 Å². The predicted molar refractivity (Wildman–Crippen MR) is 37.8 cm³/mol.